The smallest absolute Gasteiger partial charge is 0.265 e. The van der Waals surface area contributed by atoms with Gasteiger partial charge in [0.05, 0.1) is 26.3 Å². The second kappa shape index (κ2) is 7.36. The molecular weight excluding hydrogens is 372 g/mol. The average Bonchev–Trinajstić information content (AvgIpc) is 2.80. The summed E-state index contributed by atoms with van der Waals surface area (Å²) in [5.41, 5.74) is 0.540. The SMILES string of the molecule is COc1ccc(OC)c(S(=O)(=O)Nc2ccc3c(c2)C(=O)N(C)CCO3)c1. The van der Waals surface area contributed by atoms with Gasteiger partial charge in [0.25, 0.3) is 15.9 Å². The van der Waals surface area contributed by atoms with Gasteiger partial charge in [-0.25, -0.2) is 8.42 Å². The summed E-state index contributed by atoms with van der Waals surface area (Å²) in [4.78, 5) is 13.9. The summed E-state index contributed by atoms with van der Waals surface area (Å²) in [6.07, 6.45) is 0. The first-order valence-electron chi connectivity index (χ1n) is 8.13. The third-order valence-electron chi connectivity index (χ3n) is 4.15. The van der Waals surface area contributed by atoms with Gasteiger partial charge in [-0.05, 0) is 30.3 Å². The van der Waals surface area contributed by atoms with Crippen LogP contribution in [0.2, 0.25) is 0 Å². The number of hydrogen-bond donors (Lipinski definition) is 1. The number of nitrogens with one attached hydrogen (secondary N) is 1. The van der Waals surface area contributed by atoms with Crippen LogP contribution in [0.5, 0.6) is 17.2 Å². The molecule has 3 rings (SSSR count). The first-order valence-corrected chi connectivity index (χ1v) is 9.61. The van der Waals surface area contributed by atoms with Crippen molar-refractivity contribution in [2.45, 2.75) is 4.90 Å². The maximum atomic E-state index is 12.9. The van der Waals surface area contributed by atoms with Crippen molar-refractivity contribution in [1.82, 2.24) is 4.90 Å². The predicted octanol–water partition coefficient (Wildman–Crippen LogP) is 1.97. The van der Waals surface area contributed by atoms with Gasteiger partial charge in [0.2, 0.25) is 0 Å². The molecule has 0 bridgehead atoms. The molecule has 1 amide bonds. The Labute approximate surface area is 157 Å². The number of carbonyl (C=O) groups excluding carboxylic acids is 1. The molecule has 2 aromatic rings. The fourth-order valence-electron chi connectivity index (χ4n) is 2.69. The molecule has 0 aromatic heterocycles. The number of fused-ring (bicyclic) bond motifs is 1. The Kier molecular flexibility index (Phi) is 5.13. The lowest BCUT2D eigenvalue weighted by atomic mass is 10.1. The van der Waals surface area contributed by atoms with Gasteiger partial charge in [0.1, 0.15) is 28.8 Å². The Balaban J connectivity index is 1.98. The molecule has 1 heterocycles. The zero-order chi connectivity index (χ0) is 19.6. The summed E-state index contributed by atoms with van der Waals surface area (Å²) in [7, 11) is 0.518. The maximum Gasteiger partial charge on any atom is 0.265 e. The van der Waals surface area contributed by atoms with Crippen LogP contribution in [0.25, 0.3) is 0 Å². The van der Waals surface area contributed by atoms with Crippen molar-refractivity contribution in [2.75, 3.05) is 39.1 Å². The quantitative estimate of drug-likeness (QED) is 0.836. The van der Waals surface area contributed by atoms with Crippen LogP contribution in [0.3, 0.4) is 0 Å². The monoisotopic (exact) mass is 392 g/mol. The summed E-state index contributed by atoms with van der Waals surface area (Å²) in [6, 6.07) is 9.06. The molecule has 0 aliphatic carbocycles. The van der Waals surface area contributed by atoms with Gasteiger partial charge in [-0.2, -0.15) is 0 Å². The van der Waals surface area contributed by atoms with E-state index < -0.39 is 10.0 Å². The van der Waals surface area contributed by atoms with E-state index in [1.807, 2.05) is 0 Å². The molecule has 1 aliphatic rings. The molecule has 8 nitrogen and oxygen atoms in total. The highest BCUT2D eigenvalue weighted by atomic mass is 32.2. The zero-order valence-corrected chi connectivity index (χ0v) is 16.0. The molecule has 0 fully saturated rings. The largest absolute Gasteiger partial charge is 0.497 e. The molecule has 9 heteroatoms. The minimum atomic E-state index is -3.98. The number of likely N-dealkylation sites (N-methyl/N-ethyl adjacent to an activating group) is 1. The van der Waals surface area contributed by atoms with Crippen molar-refractivity contribution in [1.29, 1.82) is 0 Å². The summed E-state index contributed by atoms with van der Waals surface area (Å²) in [6.45, 7) is 0.830. The van der Waals surface area contributed by atoms with Crippen LogP contribution in [0, 0.1) is 0 Å². The number of amides is 1. The zero-order valence-electron chi connectivity index (χ0n) is 15.2. The molecule has 1 aliphatic heterocycles. The van der Waals surface area contributed by atoms with E-state index in [-0.39, 0.29) is 22.2 Å². The summed E-state index contributed by atoms with van der Waals surface area (Å²) >= 11 is 0. The Morgan fingerprint density at radius 1 is 1.11 bits per heavy atom. The molecular formula is C18H20N2O6S. The minimum absolute atomic E-state index is 0.0704. The molecule has 0 saturated carbocycles. The predicted molar refractivity (Wildman–Crippen MR) is 99.3 cm³/mol. The lowest BCUT2D eigenvalue weighted by molar-refractivity contribution is 0.0796. The van der Waals surface area contributed by atoms with Crippen LogP contribution in [0.15, 0.2) is 41.3 Å². The van der Waals surface area contributed by atoms with Crippen LogP contribution >= 0.6 is 0 Å². The molecule has 144 valence electrons. The van der Waals surface area contributed by atoms with Crippen molar-refractivity contribution in [3.8, 4) is 17.2 Å². The third kappa shape index (κ3) is 3.77. The Bertz CT molecular complexity index is 974. The van der Waals surface area contributed by atoms with Crippen LogP contribution in [0.1, 0.15) is 10.4 Å². The molecule has 27 heavy (non-hydrogen) atoms. The second-order valence-electron chi connectivity index (χ2n) is 5.91. The Hall–Kier alpha value is -2.94. The molecule has 0 radical (unpaired) electrons. The van der Waals surface area contributed by atoms with E-state index in [0.717, 1.165) is 0 Å². The number of anilines is 1. The highest BCUT2D eigenvalue weighted by molar-refractivity contribution is 7.92. The maximum absolute atomic E-state index is 12.9. The topological polar surface area (TPSA) is 94.2 Å². The van der Waals surface area contributed by atoms with Gasteiger partial charge < -0.3 is 19.1 Å². The van der Waals surface area contributed by atoms with E-state index in [2.05, 4.69) is 4.72 Å². The second-order valence-corrected chi connectivity index (χ2v) is 7.56. The van der Waals surface area contributed by atoms with Gasteiger partial charge in [0.15, 0.2) is 0 Å². The summed E-state index contributed by atoms with van der Waals surface area (Å²) in [5.74, 6) is 0.745. The number of nitrogens with zero attached hydrogens (tertiary/aromatic N) is 1. The van der Waals surface area contributed by atoms with Crippen LogP contribution in [-0.4, -0.2) is 53.6 Å². The van der Waals surface area contributed by atoms with Gasteiger partial charge in [0, 0.05) is 18.8 Å². The van der Waals surface area contributed by atoms with Crippen molar-refractivity contribution < 1.29 is 27.4 Å². The first-order chi connectivity index (χ1) is 12.9. The van der Waals surface area contributed by atoms with Crippen molar-refractivity contribution >= 4 is 21.6 Å². The Morgan fingerprint density at radius 2 is 1.89 bits per heavy atom. The fourth-order valence-corrected chi connectivity index (χ4v) is 3.93. The van der Waals surface area contributed by atoms with Crippen LogP contribution in [-0.2, 0) is 10.0 Å². The summed E-state index contributed by atoms with van der Waals surface area (Å²) in [5, 5.41) is 0. The van der Waals surface area contributed by atoms with Gasteiger partial charge in [-0.15, -0.1) is 0 Å². The first kappa shape index (κ1) is 18.8. The Morgan fingerprint density at radius 3 is 2.59 bits per heavy atom. The number of carbonyl (C=O) groups is 1. The number of rotatable bonds is 5. The van der Waals surface area contributed by atoms with E-state index in [9.17, 15) is 13.2 Å². The summed E-state index contributed by atoms with van der Waals surface area (Å²) < 4.78 is 44.0. The van der Waals surface area contributed by atoms with E-state index in [0.29, 0.717) is 30.2 Å². The van der Waals surface area contributed by atoms with Crippen molar-refractivity contribution in [3.63, 3.8) is 0 Å². The van der Waals surface area contributed by atoms with E-state index in [1.54, 1.807) is 25.2 Å². The molecule has 0 saturated heterocycles. The van der Waals surface area contributed by atoms with Gasteiger partial charge in [-0.3, -0.25) is 9.52 Å². The van der Waals surface area contributed by atoms with Gasteiger partial charge >= 0.3 is 0 Å². The highest BCUT2D eigenvalue weighted by Gasteiger charge is 2.24. The number of benzene rings is 2. The molecule has 2 aromatic carbocycles. The van der Waals surface area contributed by atoms with E-state index >= 15 is 0 Å². The standard InChI is InChI=1S/C18H20N2O6S/c1-20-8-9-26-15-6-4-12(10-14(15)18(20)21)19-27(22,23)17-11-13(24-2)5-7-16(17)25-3/h4-7,10-11,19H,8-9H2,1-3H3. The number of methoxy groups -OCH3 is 2. The third-order valence-corrected chi connectivity index (χ3v) is 5.56. The van der Waals surface area contributed by atoms with E-state index in [4.69, 9.17) is 14.2 Å². The van der Waals surface area contributed by atoms with Crippen LogP contribution in [0.4, 0.5) is 5.69 Å². The number of sulfonamides is 1. The normalized spacial score (nSPS) is 14.0. The highest BCUT2D eigenvalue weighted by Crippen LogP contribution is 2.31. The fraction of sp³-hybridized carbons (Fsp3) is 0.278. The van der Waals surface area contributed by atoms with Gasteiger partial charge in [-0.1, -0.05) is 0 Å². The van der Waals surface area contributed by atoms with Crippen LogP contribution < -0.4 is 18.9 Å². The number of ether oxygens (including phenoxy) is 3. The lowest BCUT2D eigenvalue weighted by Gasteiger charge is -2.15. The van der Waals surface area contributed by atoms with Crippen molar-refractivity contribution in [2.24, 2.45) is 0 Å². The average molecular weight is 392 g/mol. The minimum Gasteiger partial charge on any atom is -0.497 e. The van der Waals surface area contributed by atoms with Crippen molar-refractivity contribution in [3.05, 3.63) is 42.0 Å². The lowest BCUT2D eigenvalue weighted by Crippen LogP contribution is -2.27. The number of hydrogen-bond acceptors (Lipinski definition) is 6. The molecule has 0 unspecified atom stereocenters. The van der Waals surface area contributed by atoms with E-state index in [1.165, 1.54) is 37.3 Å². The molecule has 0 atom stereocenters. The molecule has 1 N–H and O–H groups in total. The molecule has 0 spiro atoms.